The van der Waals surface area contributed by atoms with Gasteiger partial charge in [0.05, 0.1) is 24.7 Å². The number of aliphatic hydroxyl groups is 2. The van der Waals surface area contributed by atoms with E-state index in [0.717, 1.165) is 55.2 Å². The second-order valence-electron chi connectivity index (χ2n) is 8.29. The number of methoxy groups -OCH3 is 1. The molecule has 0 radical (unpaired) electrons. The number of aliphatic hydroxyl groups excluding tert-OH is 2. The highest BCUT2D eigenvalue weighted by Gasteiger charge is 2.33. The van der Waals surface area contributed by atoms with Gasteiger partial charge in [-0.05, 0) is 75.9 Å². The van der Waals surface area contributed by atoms with Gasteiger partial charge in [-0.15, -0.1) is 0 Å². The number of hydrogen-bond acceptors (Lipinski definition) is 5. The Morgan fingerprint density at radius 2 is 1.97 bits per heavy atom. The topological polar surface area (TPSA) is 83.8 Å². The van der Waals surface area contributed by atoms with E-state index in [1.165, 1.54) is 7.11 Å². The van der Waals surface area contributed by atoms with Crippen LogP contribution in [0.1, 0.15) is 71.1 Å². The van der Waals surface area contributed by atoms with E-state index >= 15 is 0 Å². The number of allylic oxidation sites excluding steroid dienone is 6. The first kappa shape index (κ1) is 24.3. The molecule has 166 valence electrons. The summed E-state index contributed by atoms with van der Waals surface area (Å²) < 4.78 is 5.02. The first-order valence-corrected chi connectivity index (χ1v) is 11.1. The van der Waals surface area contributed by atoms with E-state index in [9.17, 15) is 14.7 Å². The van der Waals surface area contributed by atoms with Crippen molar-refractivity contribution in [3.05, 3.63) is 46.6 Å². The molecule has 0 aromatic rings. The van der Waals surface area contributed by atoms with Crippen LogP contribution in [0.25, 0.3) is 0 Å². The Kier molecular flexibility index (Phi) is 10.2. The highest BCUT2D eigenvalue weighted by atomic mass is 16.5. The van der Waals surface area contributed by atoms with E-state index in [1.807, 2.05) is 31.2 Å². The fourth-order valence-electron chi connectivity index (χ4n) is 4.21. The van der Waals surface area contributed by atoms with Crippen molar-refractivity contribution < 1.29 is 24.5 Å². The minimum Gasteiger partial charge on any atom is -0.466 e. The van der Waals surface area contributed by atoms with Crippen molar-refractivity contribution in [2.24, 2.45) is 5.92 Å². The summed E-state index contributed by atoms with van der Waals surface area (Å²) in [4.78, 5) is 24.9. The number of carbonyl (C=O) groups is 2. The van der Waals surface area contributed by atoms with Gasteiger partial charge in [-0.1, -0.05) is 29.9 Å². The van der Waals surface area contributed by atoms with Gasteiger partial charge in [-0.2, -0.15) is 0 Å². The van der Waals surface area contributed by atoms with Gasteiger partial charge in [0, 0.05) is 13.0 Å². The van der Waals surface area contributed by atoms with Crippen LogP contribution in [-0.2, 0) is 14.3 Å². The molecule has 0 aliphatic heterocycles. The zero-order valence-corrected chi connectivity index (χ0v) is 18.4. The zero-order valence-electron chi connectivity index (χ0n) is 18.4. The molecule has 0 spiro atoms. The second kappa shape index (κ2) is 12.7. The Morgan fingerprint density at radius 1 is 1.20 bits per heavy atom. The standard InChI is InChI=1S/C25H36O5/c1-18(15-16-19-10-6-13-22(19)27)8-5-11-20(9-3-4-17-26)24(25(29)30-2)21-12-7-14-23(21)28/h5,11,15-16,21-22,26-27H,3-4,6-10,12-14,17H2,1-2H3/b11-5+,18-15-,19-16-,24-20?/t21-,22+/m1/s1. The smallest absolute Gasteiger partial charge is 0.334 e. The van der Waals surface area contributed by atoms with E-state index in [1.54, 1.807) is 0 Å². The quantitative estimate of drug-likeness (QED) is 0.239. The molecule has 0 aromatic carbocycles. The average molecular weight is 417 g/mol. The Morgan fingerprint density at radius 3 is 2.57 bits per heavy atom. The van der Waals surface area contributed by atoms with Crippen molar-refractivity contribution in [3.8, 4) is 0 Å². The molecule has 2 fully saturated rings. The summed E-state index contributed by atoms with van der Waals surface area (Å²) in [5, 5.41) is 19.0. The highest BCUT2D eigenvalue weighted by molar-refractivity contribution is 5.99. The Balaban J connectivity index is 2.20. The molecule has 2 rings (SSSR count). The minimum atomic E-state index is -0.425. The molecule has 0 unspecified atom stereocenters. The summed E-state index contributed by atoms with van der Waals surface area (Å²) >= 11 is 0. The Hall–Kier alpha value is -1.98. The predicted octanol–water partition coefficient (Wildman–Crippen LogP) is 4.35. The molecular formula is C25H36O5. The van der Waals surface area contributed by atoms with Crippen LogP contribution in [0.5, 0.6) is 0 Å². The number of ketones is 1. The summed E-state index contributed by atoms with van der Waals surface area (Å²) in [5.41, 5.74) is 3.58. The fraction of sp³-hybridized carbons (Fsp3) is 0.600. The molecule has 0 bridgehead atoms. The van der Waals surface area contributed by atoms with Gasteiger partial charge in [0.2, 0.25) is 0 Å². The molecule has 2 N–H and O–H groups in total. The number of unbranched alkanes of at least 4 members (excludes halogenated alkanes) is 1. The molecule has 0 heterocycles. The van der Waals surface area contributed by atoms with Crippen LogP contribution in [0, 0.1) is 5.92 Å². The third-order valence-corrected chi connectivity index (χ3v) is 5.97. The Labute approximate surface area is 180 Å². The molecule has 30 heavy (non-hydrogen) atoms. The Bertz CT molecular complexity index is 726. The molecule has 2 aliphatic rings. The van der Waals surface area contributed by atoms with Gasteiger partial charge in [-0.3, -0.25) is 4.79 Å². The van der Waals surface area contributed by atoms with Gasteiger partial charge >= 0.3 is 5.97 Å². The minimum absolute atomic E-state index is 0.106. The van der Waals surface area contributed by atoms with Crippen LogP contribution in [0.2, 0.25) is 0 Å². The van der Waals surface area contributed by atoms with Crippen LogP contribution in [-0.4, -0.2) is 41.8 Å². The average Bonchev–Trinajstić information content (AvgIpc) is 3.34. The third-order valence-electron chi connectivity index (χ3n) is 5.97. The normalized spacial score (nSPS) is 24.7. The summed E-state index contributed by atoms with van der Waals surface area (Å²) in [6.45, 7) is 2.15. The lowest BCUT2D eigenvalue weighted by Gasteiger charge is -2.16. The van der Waals surface area contributed by atoms with E-state index in [-0.39, 0.29) is 24.4 Å². The van der Waals surface area contributed by atoms with Crippen LogP contribution >= 0.6 is 0 Å². The third kappa shape index (κ3) is 7.06. The van der Waals surface area contributed by atoms with Gasteiger partial charge in [0.1, 0.15) is 5.78 Å². The summed E-state index contributed by atoms with van der Waals surface area (Å²) in [7, 11) is 1.36. The van der Waals surface area contributed by atoms with Crippen LogP contribution in [0.15, 0.2) is 46.6 Å². The number of rotatable bonds is 10. The van der Waals surface area contributed by atoms with Crippen molar-refractivity contribution in [2.75, 3.05) is 13.7 Å². The molecule has 2 aliphatic carbocycles. The lowest BCUT2D eigenvalue weighted by atomic mass is 9.89. The highest BCUT2D eigenvalue weighted by Crippen LogP contribution is 2.33. The lowest BCUT2D eigenvalue weighted by Crippen LogP contribution is -2.20. The SMILES string of the molecule is COC(=O)C(=C(/C=C/C/C(C)=C\C=C1\CCC[C@@H]1O)CCCCO)[C@@H]1CCCC1=O. The van der Waals surface area contributed by atoms with Gasteiger partial charge in [-0.25, -0.2) is 4.79 Å². The van der Waals surface area contributed by atoms with Crippen molar-refractivity contribution in [2.45, 2.75) is 77.2 Å². The second-order valence-corrected chi connectivity index (χ2v) is 8.29. The number of esters is 1. The maximum Gasteiger partial charge on any atom is 0.334 e. The zero-order chi connectivity index (χ0) is 21.9. The molecule has 2 atom stereocenters. The first-order chi connectivity index (χ1) is 14.5. The van der Waals surface area contributed by atoms with Crippen molar-refractivity contribution in [1.82, 2.24) is 0 Å². The van der Waals surface area contributed by atoms with E-state index in [2.05, 4.69) is 0 Å². The summed E-state index contributed by atoms with van der Waals surface area (Å²) in [5.74, 6) is -0.691. The number of ether oxygens (including phenoxy) is 1. The van der Waals surface area contributed by atoms with Crippen LogP contribution < -0.4 is 0 Å². The molecule has 0 saturated heterocycles. The monoisotopic (exact) mass is 416 g/mol. The number of hydrogen-bond donors (Lipinski definition) is 2. The van der Waals surface area contributed by atoms with Gasteiger partial charge < -0.3 is 14.9 Å². The van der Waals surface area contributed by atoms with E-state index in [0.29, 0.717) is 31.3 Å². The van der Waals surface area contributed by atoms with Crippen LogP contribution in [0.3, 0.4) is 0 Å². The molecular weight excluding hydrogens is 380 g/mol. The molecule has 5 nitrogen and oxygen atoms in total. The van der Waals surface area contributed by atoms with Crippen LogP contribution in [0.4, 0.5) is 0 Å². The predicted molar refractivity (Wildman–Crippen MR) is 118 cm³/mol. The fourth-order valence-corrected chi connectivity index (χ4v) is 4.21. The summed E-state index contributed by atoms with van der Waals surface area (Å²) in [6, 6.07) is 0. The van der Waals surface area contributed by atoms with Crippen molar-refractivity contribution in [1.29, 1.82) is 0 Å². The first-order valence-electron chi connectivity index (χ1n) is 11.1. The van der Waals surface area contributed by atoms with Gasteiger partial charge in [0.15, 0.2) is 0 Å². The van der Waals surface area contributed by atoms with Crippen molar-refractivity contribution >= 4 is 11.8 Å². The lowest BCUT2D eigenvalue weighted by molar-refractivity contribution is -0.138. The van der Waals surface area contributed by atoms with E-state index < -0.39 is 5.97 Å². The molecule has 0 amide bonds. The molecule has 0 aromatic heterocycles. The summed E-state index contributed by atoms with van der Waals surface area (Å²) in [6.07, 6.45) is 15.3. The number of carbonyl (C=O) groups excluding carboxylic acids is 2. The van der Waals surface area contributed by atoms with E-state index in [4.69, 9.17) is 9.84 Å². The number of Topliss-reactive ketones (excluding diaryl/α,β-unsaturated/α-hetero) is 1. The van der Waals surface area contributed by atoms with Gasteiger partial charge in [0.25, 0.3) is 0 Å². The largest absolute Gasteiger partial charge is 0.466 e. The van der Waals surface area contributed by atoms with Crippen molar-refractivity contribution in [3.63, 3.8) is 0 Å². The maximum atomic E-state index is 12.5. The molecule has 2 saturated carbocycles. The molecule has 5 heteroatoms. The maximum absolute atomic E-state index is 12.5.